The van der Waals surface area contributed by atoms with Crippen molar-refractivity contribution in [1.82, 2.24) is 5.27 Å². The zero-order valence-corrected chi connectivity index (χ0v) is 11.0. The van der Waals surface area contributed by atoms with Gasteiger partial charge in [0.15, 0.2) is 0 Å². The lowest BCUT2D eigenvalue weighted by atomic mass is 10.2. The number of carbonyl (C=O) groups is 1. The molecule has 2 aromatic rings. The summed E-state index contributed by atoms with van der Waals surface area (Å²) >= 11 is 0. The Balaban J connectivity index is 2.06. The van der Waals surface area contributed by atoms with Crippen molar-refractivity contribution in [2.75, 3.05) is 23.4 Å². The standard InChI is InChI=1S/C13H16N4O2/c1-3-16(4-2)17-10-12(19-15-17)14-13(18)11-8-6-5-7-9-11/h5-10H,3-4H2,1-2H3/p+1. The summed E-state index contributed by atoms with van der Waals surface area (Å²) in [4.78, 5) is 13.5. The Bertz CT molecular complexity index is 535. The van der Waals surface area contributed by atoms with E-state index in [0.717, 1.165) is 13.1 Å². The number of nitrogens with one attached hydrogen (secondary N) is 1. The molecule has 1 amide bonds. The molecule has 0 spiro atoms. The highest BCUT2D eigenvalue weighted by molar-refractivity contribution is 6.03. The second-order valence-electron chi connectivity index (χ2n) is 3.95. The first-order valence-electron chi connectivity index (χ1n) is 6.25. The number of benzene rings is 1. The van der Waals surface area contributed by atoms with Gasteiger partial charge in [-0.3, -0.25) is 14.6 Å². The molecule has 1 aromatic heterocycles. The predicted molar refractivity (Wildman–Crippen MR) is 70.4 cm³/mol. The van der Waals surface area contributed by atoms with Gasteiger partial charge in [-0.1, -0.05) is 18.2 Å². The van der Waals surface area contributed by atoms with Crippen LogP contribution in [0.3, 0.4) is 0 Å². The first-order valence-corrected chi connectivity index (χ1v) is 6.25. The molecule has 100 valence electrons. The lowest BCUT2D eigenvalue weighted by Crippen LogP contribution is -2.58. The van der Waals surface area contributed by atoms with Crippen LogP contribution in [0.5, 0.6) is 0 Å². The molecule has 0 saturated carbocycles. The van der Waals surface area contributed by atoms with Gasteiger partial charge in [0, 0.05) is 5.56 Å². The van der Waals surface area contributed by atoms with Gasteiger partial charge in [0.2, 0.25) is 5.27 Å². The summed E-state index contributed by atoms with van der Waals surface area (Å²) in [7, 11) is 0. The van der Waals surface area contributed by atoms with Crippen molar-refractivity contribution >= 4 is 11.8 Å². The van der Waals surface area contributed by atoms with Crippen molar-refractivity contribution in [3.63, 3.8) is 0 Å². The summed E-state index contributed by atoms with van der Waals surface area (Å²) in [5.41, 5.74) is 0.577. The topological polar surface area (TPSA) is 62.2 Å². The molecule has 0 aliphatic carbocycles. The van der Waals surface area contributed by atoms with E-state index < -0.39 is 0 Å². The van der Waals surface area contributed by atoms with Gasteiger partial charge in [0.05, 0.1) is 17.9 Å². The van der Waals surface area contributed by atoms with Gasteiger partial charge < -0.3 is 0 Å². The summed E-state index contributed by atoms with van der Waals surface area (Å²) in [6, 6.07) is 8.96. The molecule has 6 nitrogen and oxygen atoms in total. The Morgan fingerprint density at radius 1 is 1.32 bits per heavy atom. The second kappa shape index (κ2) is 5.99. The molecule has 1 heterocycles. The van der Waals surface area contributed by atoms with E-state index in [9.17, 15) is 4.79 Å². The van der Waals surface area contributed by atoms with Crippen LogP contribution < -0.4 is 15.1 Å². The first-order chi connectivity index (χ1) is 9.24. The van der Waals surface area contributed by atoms with Crippen LogP contribution in [0.4, 0.5) is 5.88 Å². The maximum absolute atomic E-state index is 11.9. The van der Waals surface area contributed by atoms with Gasteiger partial charge in [-0.25, -0.2) is 0 Å². The van der Waals surface area contributed by atoms with Crippen LogP contribution in [-0.4, -0.2) is 24.3 Å². The van der Waals surface area contributed by atoms with Gasteiger partial charge in [-0.2, -0.15) is 5.01 Å². The fourth-order valence-electron chi connectivity index (χ4n) is 1.71. The first kappa shape index (κ1) is 13.1. The minimum absolute atomic E-state index is 0.219. The number of nitrogens with zero attached hydrogens (tertiary/aromatic N) is 3. The fourth-order valence-corrected chi connectivity index (χ4v) is 1.71. The molecule has 19 heavy (non-hydrogen) atoms. The quantitative estimate of drug-likeness (QED) is 0.821. The van der Waals surface area contributed by atoms with Crippen LogP contribution in [-0.2, 0) is 0 Å². The lowest BCUT2D eigenvalue weighted by Gasteiger charge is -2.06. The van der Waals surface area contributed by atoms with E-state index >= 15 is 0 Å². The van der Waals surface area contributed by atoms with Crippen LogP contribution in [0.2, 0.25) is 0 Å². The van der Waals surface area contributed by atoms with Gasteiger partial charge in [-0.05, 0) is 26.0 Å². The molecule has 0 radical (unpaired) electrons. The molecule has 1 N–H and O–H groups in total. The Labute approximate surface area is 111 Å². The van der Waals surface area contributed by atoms with Crippen LogP contribution in [0.25, 0.3) is 0 Å². The van der Waals surface area contributed by atoms with Crippen LogP contribution >= 0.6 is 0 Å². The Hall–Kier alpha value is -2.37. The molecular weight excluding hydrogens is 244 g/mol. The minimum Gasteiger partial charge on any atom is -0.285 e. The maximum Gasteiger partial charge on any atom is 0.306 e. The Morgan fingerprint density at radius 2 is 2.00 bits per heavy atom. The third-order valence-corrected chi connectivity index (χ3v) is 2.75. The molecule has 0 aliphatic rings. The molecule has 6 heteroatoms. The van der Waals surface area contributed by atoms with Crippen molar-refractivity contribution in [3.05, 3.63) is 42.1 Å². The molecule has 0 unspecified atom stereocenters. The summed E-state index contributed by atoms with van der Waals surface area (Å²) in [5, 5.41) is 8.48. The van der Waals surface area contributed by atoms with Crippen LogP contribution in [0.1, 0.15) is 24.2 Å². The average Bonchev–Trinajstić information content (AvgIpc) is 2.89. The summed E-state index contributed by atoms with van der Waals surface area (Å²) in [6.07, 6.45) is 1.65. The smallest absolute Gasteiger partial charge is 0.285 e. The average molecular weight is 261 g/mol. The Morgan fingerprint density at radius 3 is 2.63 bits per heavy atom. The third kappa shape index (κ3) is 3.09. The molecule has 0 aliphatic heterocycles. The number of amides is 1. The van der Waals surface area contributed by atoms with Crippen molar-refractivity contribution in [3.8, 4) is 0 Å². The zero-order valence-electron chi connectivity index (χ0n) is 11.0. The zero-order chi connectivity index (χ0) is 13.7. The van der Waals surface area contributed by atoms with Gasteiger partial charge >= 0.3 is 5.88 Å². The molecule has 0 atom stereocenters. The number of aromatic nitrogens is 2. The van der Waals surface area contributed by atoms with Crippen molar-refractivity contribution in [1.29, 1.82) is 0 Å². The molecule has 2 rings (SSSR count). The summed E-state index contributed by atoms with van der Waals surface area (Å²) < 4.78 is 5.08. The van der Waals surface area contributed by atoms with Crippen molar-refractivity contribution in [2.45, 2.75) is 13.8 Å². The Kier molecular flexibility index (Phi) is 4.12. The fraction of sp³-hybridized carbons (Fsp3) is 0.308. The van der Waals surface area contributed by atoms with Crippen LogP contribution in [0.15, 0.2) is 41.1 Å². The van der Waals surface area contributed by atoms with Crippen LogP contribution in [0, 0.1) is 0 Å². The number of rotatable bonds is 5. The highest BCUT2D eigenvalue weighted by atomic mass is 16.5. The largest absolute Gasteiger partial charge is 0.306 e. The van der Waals surface area contributed by atoms with E-state index in [2.05, 4.69) is 10.6 Å². The summed E-state index contributed by atoms with van der Waals surface area (Å²) in [6.45, 7) is 5.65. The predicted octanol–water partition coefficient (Wildman–Crippen LogP) is 1.19. The normalized spacial score (nSPS) is 10.2. The molecular formula is C13H17N4O2+. The molecule has 0 fully saturated rings. The lowest BCUT2D eigenvalue weighted by molar-refractivity contribution is -0.758. The van der Waals surface area contributed by atoms with E-state index in [-0.39, 0.29) is 5.91 Å². The minimum atomic E-state index is -0.219. The van der Waals surface area contributed by atoms with Gasteiger partial charge in [0.25, 0.3) is 12.1 Å². The van der Waals surface area contributed by atoms with Crippen molar-refractivity contribution in [2.24, 2.45) is 0 Å². The third-order valence-electron chi connectivity index (χ3n) is 2.75. The number of hydrogen-bond donors (Lipinski definition) is 1. The van der Waals surface area contributed by atoms with E-state index in [1.54, 1.807) is 23.1 Å². The molecule has 1 aromatic carbocycles. The maximum atomic E-state index is 11.9. The van der Waals surface area contributed by atoms with E-state index in [1.807, 2.05) is 37.1 Å². The number of anilines is 1. The van der Waals surface area contributed by atoms with E-state index in [1.165, 1.54) is 0 Å². The monoisotopic (exact) mass is 261 g/mol. The highest BCUT2D eigenvalue weighted by Crippen LogP contribution is 2.05. The van der Waals surface area contributed by atoms with E-state index in [0.29, 0.717) is 11.4 Å². The molecule has 0 bridgehead atoms. The van der Waals surface area contributed by atoms with E-state index in [4.69, 9.17) is 4.52 Å². The number of hydrogen-bond acceptors (Lipinski definition) is 4. The van der Waals surface area contributed by atoms with Gasteiger partial charge in [0.1, 0.15) is 0 Å². The second-order valence-corrected chi connectivity index (χ2v) is 3.95. The SMILES string of the molecule is CCN(CC)[n+]1cc(NC(=O)c2ccccc2)on1. The van der Waals surface area contributed by atoms with Crippen molar-refractivity contribution < 1.29 is 14.1 Å². The summed E-state index contributed by atoms with van der Waals surface area (Å²) in [5.74, 6) is 0.101. The number of carbonyl (C=O) groups excluding carboxylic acids is 1. The van der Waals surface area contributed by atoms with Gasteiger partial charge in [-0.15, -0.1) is 0 Å². The molecule has 0 saturated heterocycles. The highest BCUT2D eigenvalue weighted by Gasteiger charge is 2.19.